The SMILES string of the molecule is CNC(=O)c1cc(NC(=O)NC[C@H]2COCCN(C)C2)ccc1F. The molecule has 1 aliphatic rings. The van der Waals surface area contributed by atoms with Crippen LogP contribution in [0.15, 0.2) is 18.2 Å². The highest BCUT2D eigenvalue weighted by Gasteiger charge is 2.17. The van der Waals surface area contributed by atoms with Crippen LogP contribution in [0.5, 0.6) is 0 Å². The van der Waals surface area contributed by atoms with Crippen LogP contribution in [0.2, 0.25) is 0 Å². The summed E-state index contributed by atoms with van der Waals surface area (Å²) in [7, 11) is 3.43. The van der Waals surface area contributed by atoms with Gasteiger partial charge in [0.2, 0.25) is 0 Å². The Kier molecular flexibility index (Phi) is 6.51. The Morgan fingerprint density at radius 3 is 2.96 bits per heavy atom. The molecule has 24 heavy (non-hydrogen) atoms. The molecule has 1 aromatic rings. The first-order valence-corrected chi connectivity index (χ1v) is 7.82. The van der Waals surface area contributed by atoms with Gasteiger partial charge in [-0.05, 0) is 25.2 Å². The maximum Gasteiger partial charge on any atom is 0.319 e. The Morgan fingerprint density at radius 2 is 2.21 bits per heavy atom. The summed E-state index contributed by atoms with van der Waals surface area (Å²) in [6, 6.07) is 3.45. The molecule has 7 nitrogen and oxygen atoms in total. The highest BCUT2D eigenvalue weighted by molar-refractivity contribution is 5.96. The monoisotopic (exact) mass is 338 g/mol. The molecule has 1 atom stereocenters. The van der Waals surface area contributed by atoms with Crippen LogP contribution in [0.1, 0.15) is 10.4 Å². The maximum absolute atomic E-state index is 13.6. The number of urea groups is 1. The second-order valence-electron chi connectivity index (χ2n) is 5.81. The van der Waals surface area contributed by atoms with E-state index in [4.69, 9.17) is 4.74 Å². The second-order valence-corrected chi connectivity index (χ2v) is 5.81. The van der Waals surface area contributed by atoms with Crippen LogP contribution < -0.4 is 16.0 Å². The number of ether oxygens (including phenoxy) is 1. The summed E-state index contributed by atoms with van der Waals surface area (Å²) in [6.07, 6.45) is 0. The average Bonchev–Trinajstić information content (AvgIpc) is 2.78. The van der Waals surface area contributed by atoms with Crippen LogP contribution in [-0.4, -0.2) is 63.8 Å². The number of carbonyl (C=O) groups excluding carboxylic acids is 2. The van der Waals surface area contributed by atoms with E-state index in [0.29, 0.717) is 25.4 Å². The molecule has 8 heteroatoms. The van der Waals surface area contributed by atoms with Gasteiger partial charge in [0, 0.05) is 38.3 Å². The molecule has 0 aliphatic carbocycles. The highest BCUT2D eigenvalue weighted by Crippen LogP contribution is 2.14. The first kappa shape index (κ1) is 18.2. The summed E-state index contributed by atoms with van der Waals surface area (Å²) >= 11 is 0. The standard InChI is InChI=1S/C16H23FN4O3/c1-18-15(22)13-7-12(3-4-14(13)17)20-16(23)19-8-11-9-21(2)5-6-24-10-11/h3-4,7,11H,5-6,8-10H2,1-2H3,(H,18,22)(H2,19,20,23)/t11-/m1/s1. The molecule has 0 unspecified atom stereocenters. The summed E-state index contributed by atoms with van der Waals surface area (Å²) < 4.78 is 19.1. The number of benzene rings is 1. The minimum atomic E-state index is -0.640. The Morgan fingerprint density at radius 1 is 1.42 bits per heavy atom. The lowest BCUT2D eigenvalue weighted by Crippen LogP contribution is -2.37. The molecular formula is C16H23FN4O3. The van der Waals surface area contributed by atoms with Crippen molar-refractivity contribution in [1.82, 2.24) is 15.5 Å². The fraction of sp³-hybridized carbons (Fsp3) is 0.500. The van der Waals surface area contributed by atoms with Crippen molar-refractivity contribution in [2.75, 3.05) is 52.3 Å². The normalized spacial score (nSPS) is 18.5. The van der Waals surface area contributed by atoms with Gasteiger partial charge in [0.25, 0.3) is 5.91 Å². The van der Waals surface area contributed by atoms with Gasteiger partial charge < -0.3 is 25.6 Å². The van der Waals surface area contributed by atoms with Crippen molar-refractivity contribution < 1.29 is 18.7 Å². The molecule has 132 valence electrons. The van der Waals surface area contributed by atoms with Crippen LogP contribution in [0.4, 0.5) is 14.9 Å². The van der Waals surface area contributed by atoms with Crippen LogP contribution in [-0.2, 0) is 4.74 Å². The Hall–Kier alpha value is -2.19. The smallest absolute Gasteiger partial charge is 0.319 e. The number of anilines is 1. The minimum absolute atomic E-state index is 0.117. The molecule has 0 spiro atoms. The number of likely N-dealkylation sites (N-methyl/N-ethyl adjacent to an activating group) is 1. The third kappa shape index (κ3) is 5.17. The van der Waals surface area contributed by atoms with Gasteiger partial charge in [-0.3, -0.25) is 4.79 Å². The van der Waals surface area contributed by atoms with Crippen LogP contribution in [0.25, 0.3) is 0 Å². The molecule has 0 aromatic heterocycles. The van der Waals surface area contributed by atoms with Crippen molar-refractivity contribution in [3.63, 3.8) is 0 Å². The lowest BCUT2D eigenvalue weighted by Gasteiger charge is -2.19. The number of rotatable bonds is 4. The largest absolute Gasteiger partial charge is 0.380 e. The van der Waals surface area contributed by atoms with Gasteiger partial charge in [0.15, 0.2) is 0 Å². The first-order valence-electron chi connectivity index (χ1n) is 7.82. The van der Waals surface area contributed by atoms with E-state index in [2.05, 4.69) is 20.9 Å². The zero-order valence-electron chi connectivity index (χ0n) is 13.9. The van der Waals surface area contributed by atoms with Crippen molar-refractivity contribution in [1.29, 1.82) is 0 Å². The number of hydrogen-bond donors (Lipinski definition) is 3. The van der Waals surface area contributed by atoms with Crippen LogP contribution in [0.3, 0.4) is 0 Å². The molecule has 1 heterocycles. The third-order valence-corrected chi connectivity index (χ3v) is 3.79. The van der Waals surface area contributed by atoms with E-state index < -0.39 is 17.8 Å². The van der Waals surface area contributed by atoms with Gasteiger partial charge in [0.1, 0.15) is 5.82 Å². The second kappa shape index (κ2) is 8.60. The summed E-state index contributed by atoms with van der Waals surface area (Å²) in [5.41, 5.74) is 0.232. The van der Waals surface area contributed by atoms with Crippen molar-refractivity contribution in [3.8, 4) is 0 Å². The summed E-state index contributed by atoms with van der Waals surface area (Å²) in [4.78, 5) is 25.7. The summed E-state index contributed by atoms with van der Waals surface area (Å²) in [6.45, 7) is 3.48. The Balaban J connectivity index is 1.89. The molecule has 3 N–H and O–H groups in total. The van der Waals surface area contributed by atoms with E-state index in [1.165, 1.54) is 19.2 Å². The molecule has 1 saturated heterocycles. The maximum atomic E-state index is 13.6. The fourth-order valence-corrected chi connectivity index (χ4v) is 2.50. The summed E-state index contributed by atoms with van der Waals surface area (Å²) in [5, 5.41) is 7.73. The van der Waals surface area contributed by atoms with Gasteiger partial charge in [0.05, 0.1) is 18.8 Å². The number of nitrogens with zero attached hydrogens (tertiary/aromatic N) is 1. The molecule has 1 fully saturated rings. The van der Waals surface area contributed by atoms with E-state index >= 15 is 0 Å². The Labute approximate surface area is 140 Å². The van der Waals surface area contributed by atoms with Crippen LogP contribution in [0, 0.1) is 11.7 Å². The molecule has 2 rings (SSSR count). The van der Waals surface area contributed by atoms with Gasteiger partial charge in [-0.25, -0.2) is 9.18 Å². The molecule has 1 aromatic carbocycles. The topological polar surface area (TPSA) is 82.7 Å². The molecule has 0 radical (unpaired) electrons. The average molecular weight is 338 g/mol. The highest BCUT2D eigenvalue weighted by atomic mass is 19.1. The van der Waals surface area contributed by atoms with E-state index in [1.807, 2.05) is 7.05 Å². The fourth-order valence-electron chi connectivity index (χ4n) is 2.50. The number of hydrogen-bond acceptors (Lipinski definition) is 4. The molecule has 1 aliphatic heterocycles. The van der Waals surface area contributed by atoms with Crippen molar-refractivity contribution >= 4 is 17.6 Å². The van der Waals surface area contributed by atoms with Crippen molar-refractivity contribution in [2.24, 2.45) is 5.92 Å². The lowest BCUT2D eigenvalue weighted by molar-refractivity contribution is 0.0959. The number of carbonyl (C=O) groups is 2. The van der Waals surface area contributed by atoms with Gasteiger partial charge in [-0.2, -0.15) is 0 Å². The number of nitrogens with one attached hydrogen (secondary N) is 3. The molecule has 0 bridgehead atoms. The molecule has 3 amide bonds. The first-order chi connectivity index (χ1) is 11.5. The van der Waals surface area contributed by atoms with Gasteiger partial charge in [-0.15, -0.1) is 0 Å². The summed E-state index contributed by atoms with van der Waals surface area (Å²) in [5.74, 6) is -0.980. The predicted molar refractivity (Wildman–Crippen MR) is 88.6 cm³/mol. The van der Waals surface area contributed by atoms with E-state index in [1.54, 1.807) is 0 Å². The molecule has 0 saturated carbocycles. The Bertz CT molecular complexity index is 597. The number of halogens is 1. The van der Waals surface area contributed by atoms with Gasteiger partial charge in [-0.1, -0.05) is 0 Å². The van der Waals surface area contributed by atoms with E-state index in [-0.39, 0.29) is 11.5 Å². The third-order valence-electron chi connectivity index (χ3n) is 3.79. The quantitative estimate of drug-likeness (QED) is 0.761. The van der Waals surface area contributed by atoms with E-state index in [0.717, 1.165) is 19.2 Å². The van der Waals surface area contributed by atoms with Gasteiger partial charge >= 0.3 is 6.03 Å². The van der Waals surface area contributed by atoms with Crippen LogP contribution >= 0.6 is 0 Å². The molecular weight excluding hydrogens is 315 g/mol. The lowest BCUT2D eigenvalue weighted by atomic mass is 10.1. The minimum Gasteiger partial charge on any atom is -0.380 e. The number of amides is 3. The zero-order chi connectivity index (χ0) is 17.5. The zero-order valence-corrected chi connectivity index (χ0v) is 13.9. The van der Waals surface area contributed by atoms with Crippen molar-refractivity contribution in [3.05, 3.63) is 29.6 Å². The predicted octanol–water partition coefficient (Wildman–Crippen LogP) is 0.885. The van der Waals surface area contributed by atoms with E-state index in [9.17, 15) is 14.0 Å². The van der Waals surface area contributed by atoms with Crippen molar-refractivity contribution in [2.45, 2.75) is 0 Å².